The van der Waals surface area contributed by atoms with Crippen LogP contribution in [0.4, 0.5) is 0 Å². The summed E-state index contributed by atoms with van der Waals surface area (Å²) in [6.45, 7) is 0. The Balaban J connectivity index is 2.25. The second-order valence-corrected chi connectivity index (χ2v) is 4.55. The summed E-state index contributed by atoms with van der Waals surface area (Å²) in [5.41, 5.74) is 4.77. The third-order valence-corrected chi connectivity index (χ3v) is 3.53. The fraction of sp³-hybridized carbons (Fsp3) is 0. The molecule has 0 unspecified atom stereocenters. The van der Waals surface area contributed by atoms with Crippen LogP contribution in [0, 0.1) is 0 Å². The standard InChI is InChI=1S/C12H6ClN3S/c13-12-11-9(7-14-17-11)10(15-16-12)8-5-3-1-2-4-6-8/h1,3-7H. The molecule has 0 atom stereocenters. The van der Waals surface area contributed by atoms with Crippen LogP contribution in [-0.4, -0.2) is 14.6 Å². The number of nitrogens with zero attached hydrogens (tertiary/aromatic N) is 3. The van der Waals surface area contributed by atoms with E-state index in [0.717, 1.165) is 21.4 Å². The lowest BCUT2D eigenvalue weighted by atomic mass is 10.1. The van der Waals surface area contributed by atoms with Crippen molar-refractivity contribution < 1.29 is 0 Å². The summed E-state index contributed by atoms with van der Waals surface area (Å²) in [5, 5.41) is 9.43. The molecule has 0 N–H and O–H groups in total. The van der Waals surface area contributed by atoms with Crippen molar-refractivity contribution in [3.05, 3.63) is 53.2 Å². The Hall–Kier alpha value is -1.74. The zero-order chi connectivity index (χ0) is 11.7. The normalized spacial score (nSPS) is 14.1. The van der Waals surface area contributed by atoms with Crippen molar-refractivity contribution >= 4 is 38.8 Å². The molecule has 0 spiro atoms. The van der Waals surface area contributed by atoms with Crippen LogP contribution in [0.25, 0.3) is 15.7 Å². The monoisotopic (exact) mass is 259 g/mol. The molecule has 0 saturated carbocycles. The molecule has 17 heavy (non-hydrogen) atoms. The molecule has 5 heteroatoms. The highest BCUT2D eigenvalue weighted by molar-refractivity contribution is 7.14. The van der Waals surface area contributed by atoms with Crippen LogP contribution < -0.4 is 0 Å². The predicted molar refractivity (Wildman–Crippen MR) is 70.0 cm³/mol. The molecule has 0 aliphatic heterocycles. The molecule has 1 aliphatic carbocycles. The van der Waals surface area contributed by atoms with Gasteiger partial charge >= 0.3 is 0 Å². The Morgan fingerprint density at radius 1 is 1.24 bits per heavy atom. The predicted octanol–water partition coefficient (Wildman–Crippen LogP) is 3.40. The minimum Gasteiger partial charge on any atom is -0.200 e. The lowest BCUT2D eigenvalue weighted by molar-refractivity contribution is 1.04. The van der Waals surface area contributed by atoms with Crippen LogP contribution in [-0.2, 0) is 0 Å². The Morgan fingerprint density at radius 2 is 2.18 bits per heavy atom. The molecule has 0 aromatic carbocycles. The molecule has 3 nitrogen and oxygen atoms in total. The van der Waals surface area contributed by atoms with Gasteiger partial charge in [-0.25, -0.2) is 0 Å². The van der Waals surface area contributed by atoms with E-state index in [-0.39, 0.29) is 0 Å². The highest BCUT2D eigenvalue weighted by atomic mass is 35.5. The van der Waals surface area contributed by atoms with E-state index in [2.05, 4.69) is 20.3 Å². The van der Waals surface area contributed by atoms with Crippen LogP contribution in [0.1, 0.15) is 5.69 Å². The van der Waals surface area contributed by atoms with Crippen molar-refractivity contribution in [3.8, 4) is 0 Å². The Bertz CT molecular complexity index is 706. The third-order valence-electron chi connectivity index (χ3n) is 2.35. The number of aromatic nitrogens is 3. The molecular formula is C12H6ClN3S. The second-order valence-electron chi connectivity index (χ2n) is 3.39. The summed E-state index contributed by atoms with van der Waals surface area (Å²) < 4.78 is 5.00. The van der Waals surface area contributed by atoms with Gasteiger partial charge < -0.3 is 0 Å². The molecule has 1 aliphatic rings. The van der Waals surface area contributed by atoms with Gasteiger partial charge in [0.1, 0.15) is 5.69 Å². The van der Waals surface area contributed by atoms with Crippen LogP contribution in [0.3, 0.4) is 0 Å². The zero-order valence-electron chi connectivity index (χ0n) is 8.59. The fourth-order valence-corrected chi connectivity index (χ4v) is 2.45. The van der Waals surface area contributed by atoms with Gasteiger partial charge in [-0.05, 0) is 29.8 Å². The molecule has 0 saturated heterocycles. The van der Waals surface area contributed by atoms with Crippen LogP contribution in [0.15, 0.2) is 42.3 Å². The van der Waals surface area contributed by atoms with Gasteiger partial charge in [0.2, 0.25) is 0 Å². The number of rotatable bonds is 1. The number of fused-ring (bicyclic) bond motifs is 1. The van der Waals surface area contributed by atoms with Gasteiger partial charge in [-0.2, -0.15) is 4.37 Å². The van der Waals surface area contributed by atoms with Gasteiger partial charge in [-0.15, -0.1) is 15.9 Å². The summed E-state index contributed by atoms with van der Waals surface area (Å²) in [4.78, 5) is 0. The summed E-state index contributed by atoms with van der Waals surface area (Å²) in [6.07, 6.45) is 11.3. The Morgan fingerprint density at radius 3 is 3.12 bits per heavy atom. The molecule has 2 heterocycles. The number of halogens is 1. The van der Waals surface area contributed by atoms with E-state index in [4.69, 9.17) is 11.6 Å². The molecule has 2 aromatic rings. The van der Waals surface area contributed by atoms with E-state index in [1.165, 1.54) is 11.5 Å². The van der Waals surface area contributed by atoms with Crippen LogP contribution >= 0.6 is 23.1 Å². The molecule has 0 radical (unpaired) electrons. The van der Waals surface area contributed by atoms with Crippen LogP contribution in [0.2, 0.25) is 5.15 Å². The van der Waals surface area contributed by atoms with Crippen molar-refractivity contribution in [1.29, 1.82) is 0 Å². The maximum absolute atomic E-state index is 5.97. The van der Waals surface area contributed by atoms with E-state index in [0.29, 0.717) is 5.15 Å². The number of hydrogen-bond donors (Lipinski definition) is 0. The van der Waals surface area contributed by atoms with Crippen molar-refractivity contribution in [3.63, 3.8) is 0 Å². The topological polar surface area (TPSA) is 38.7 Å². The number of allylic oxidation sites excluding steroid dienone is 5. The van der Waals surface area contributed by atoms with Crippen LogP contribution in [0.5, 0.6) is 0 Å². The second kappa shape index (κ2) is 4.26. The first-order valence-electron chi connectivity index (χ1n) is 4.92. The first kappa shape index (κ1) is 10.4. The third kappa shape index (κ3) is 1.83. The molecule has 82 valence electrons. The molecule has 3 rings (SSSR count). The van der Waals surface area contributed by atoms with E-state index >= 15 is 0 Å². The van der Waals surface area contributed by atoms with Crippen molar-refractivity contribution in [2.75, 3.05) is 0 Å². The smallest absolute Gasteiger partial charge is 0.171 e. The van der Waals surface area contributed by atoms with Crippen molar-refractivity contribution in [1.82, 2.24) is 14.6 Å². The quantitative estimate of drug-likeness (QED) is 0.737. The van der Waals surface area contributed by atoms with E-state index in [9.17, 15) is 0 Å². The van der Waals surface area contributed by atoms with Gasteiger partial charge in [0.05, 0.1) is 10.9 Å². The molecule has 0 fully saturated rings. The minimum atomic E-state index is 0.401. The lowest BCUT2D eigenvalue weighted by Gasteiger charge is -2.01. The van der Waals surface area contributed by atoms with E-state index < -0.39 is 0 Å². The summed E-state index contributed by atoms with van der Waals surface area (Å²) >= 11 is 7.30. The van der Waals surface area contributed by atoms with Gasteiger partial charge in [0.25, 0.3) is 0 Å². The van der Waals surface area contributed by atoms with Crippen molar-refractivity contribution in [2.45, 2.75) is 0 Å². The molecule has 2 aromatic heterocycles. The van der Waals surface area contributed by atoms with Gasteiger partial charge in [0, 0.05) is 11.0 Å². The fourth-order valence-electron chi connectivity index (χ4n) is 1.58. The van der Waals surface area contributed by atoms with Crippen molar-refractivity contribution in [2.24, 2.45) is 0 Å². The largest absolute Gasteiger partial charge is 0.200 e. The first-order chi connectivity index (χ1) is 8.36. The van der Waals surface area contributed by atoms with Gasteiger partial charge in [0.15, 0.2) is 5.15 Å². The van der Waals surface area contributed by atoms with E-state index in [1.807, 2.05) is 30.4 Å². The molecular weight excluding hydrogens is 254 g/mol. The SMILES string of the molecule is Clc1nnc(C2=CC=C=CC=C2)c2cnsc12. The van der Waals surface area contributed by atoms with Gasteiger partial charge in [-0.1, -0.05) is 23.8 Å². The minimum absolute atomic E-state index is 0.401. The average molecular weight is 260 g/mol. The van der Waals surface area contributed by atoms with E-state index in [1.54, 1.807) is 6.20 Å². The summed E-state index contributed by atoms with van der Waals surface area (Å²) in [6, 6.07) is 0. The maximum atomic E-state index is 5.97. The maximum Gasteiger partial charge on any atom is 0.171 e. The van der Waals surface area contributed by atoms with Gasteiger partial charge in [-0.3, -0.25) is 0 Å². The zero-order valence-corrected chi connectivity index (χ0v) is 10.2. The highest BCUT2D eigenvalue weighted by Crippen LogP contribution is 2.30. The highest BCUT2D eigenvalue weighted by Gasteiger charge is 2.12. The number of hydrogen-bond acceptors (Lipinski definition) is 4. The summed E-state index contributed by atoms with van der Waals surface area (Å²) in [5.74, 6) is 0. The lowest BCUT2D eigenvalue weighted by Crippen LogP contribution is -1.92. The first-order valence-corrected chi connectivity index (χ1v) is 6.08. The Labute approximate surface area is 107 Å². The molecule has 0 bridgehead atoms. The summed E-state index contributed by atoms with van der Waals surface area (Å²) in [7, 11) is 0. The molecule has 0 amide bonds. The average Bonchev–Trinajstić information content (AvgIpc) is 2.67. The Kier molecular flexibility index (Phi) is 2.61.